The number of hydrogen-bond acceptors (Lipinski definition) is 6. The van der Waals surface area contributed by atoms with Crippen LogP contribution in [0.3, 0.4) is 0 Å². The Morgan fingerprint density at radius 3 is 2.39 bits per heavy atom. The van der Waals surface area contributed by atoms with Gasteiger partial charge in [-0.05, 0) is 75.2 Å². The highest BCUT2D eigenvalue weighted by Crippen LogP contribution is 2.26. The Morgan fingerprint density at radius 2 is 1.76 bits per heavy atom. The molecule has 1 fully saturated rings. The first-order valence-electron chi connectivity index (χ1n) is 10.8. The zero-order chi connectivity index (χ0) is 24.1. The van der Waals surface area contributed by atoms with Gasteiger partial charge in [0, 0.05) is 24.3 Å². The van der Waals surface area contributed by atoms with Crippen LogP contribution >= 0.6 is 0 Å². The van der Waals surface area contributed by atoms with Crippen LogP contribution in [0.15, 0.2) is 42.5 Å². The van der Waals surface area contributed by atoms with Crippen molar-refractivity contribution in [2.75, 3.05) is 23.4 Å². The van der Waals surface area contributed by atoms with Crippen LogP contribution in [0, 0.1) is 19.8 Å². The minimum Gasteiger partial charge on any atom is -0.459 e. The summed E-state index contributed by atoms with van der Waals surface area (Å²) in [6, 6.07) is 12.0. The molecule has 2 amide bonds. The van der Waals surface area contributed by atoms with Crippen molar-refractivity contribution in [2.45, 2.75) is 40.2 Å². The second-order valence-corrected chi connectivity index (χ2v) is 8.36. The van der Waals surface area contributed by atoms with Crippen molar-refractivity contribution >= 4 is 35.1 Å². The van der Waals surface area contributed by atoms with Gasteiger partial charge in [0.05, 0.1) is 17.6 Å². The highest BCUT2D eigenvalue weighted by atomic mass is 16.5. The molecule has 0 radical (unpaired) electrons. The number of benzene rings is 2. The molecule has 2 aromatic carbocycles. The SMILES string of the molecule is Cc1ccc(NC(=O)COC(=O)[C@@H]2CC(=O)N(c3ccc(C(=O)OC(C)C)cc3)C2)cc1C. The average Bonchev–Trinajstić information content (AvgIpc) is 3.16. The lowest BCUT2D eigenvalue weighted by molar-refractivity contribution is -0.151. The quantitative estimate of drug-likeness (QED) is 0.646. The van der Waals surface area contributed by atoms with Gasteiger partial charge in [-0.15, -0.1) is 0 Å². The third kappa shape index (κ3) is 6.19. The standard InChI is InChI=1S/C25H28N2O6/c1-15(2)33-25(31)18-6-9-21(10-7-18)27-13-19(12-23(27)29)24(30)32-14-22(28)26-20-8-5-16(3)17(4)11-20/h5-11,15,19H,12-14H2,1-4H3,(H,26,28)/t19-/m1/s1. The van der Waals surface area contributed by atoms with Crippen LogP contribution in [-0.2, 0) is 23.9 Å². The Morgan fingerprint density at radius 1 is 1.06 bits per heavy atom. The monoisotopic (exact) mass is 452 g/mol. The first kappa shape index (κ1) is 24.0. The molecule has 0 bridgehead atoms. The molecule has 1 N–H and O–H groups in total. The summed E-state index contributed by atoms with van der Waals surface area (Å²) in [7, 11) is 0. The Kier molecular flexibility index (Phi) is 7.48. The van der Waals surface area contributed by atoms with Crippen molar-refractivity contribution in [3.8, 4) is 0 Å². The van der Waals surface area contributed by atoms with Gasteiger partial charge in [-0.1, -0.05) is 6.07 Å². The van der Waals surface area contributed by atoms with Crippen molar-refractivity contribution in [3.05, 3.63) is 59.2 Å². The molecular formula is C25H28N2O6. The lowest BCUT2D eigenvalue weighted by Gasteiger charge is -2.17. The topological polar surface area (TPSA) is 102 Å². The fourth-order valence-corrected chi connectivity index (χ4v) is 3.45. The lowest BCUT2D eigenvalue weighted by Crippen LogP contribution is -2.28. The highest BCUT2D eigenvalue weighted by molar-refractivity contribution is 6.00. The molecule has 1 aliphatic rings. The number of anilines is 2. The zero-order valence-corrected chi connectivity index (χ0v) is 19.2. The molecular weight excluding hydrogens is 424 g/mol. The largest absolute Gasteiger partial charge is 0.459 e. The summed E-state index contributed by atoms with van der Waals surface area (Å²) in [5, 5.41) is 2.69. The first-order chi connectivity index (χ1) is 15.6. The van der Waals surface area contributed by atoms with Crippen molar-refractivity contribution in [3.63, 3.8) is 0 Å². The molecule has 0 aromatic heterocycles. The predicted molar refractivity (Wildman–Crippen MR) is 123 cm³/mol. The average molecular weight is 453 g/mol. The Hall–Kier alpha value is -3.68. The van der Waals surface area contributed by atoms with Crippen molar-refractivity contribution < 1.29 is 28.7 Å². The van der Waals surface area contributed by atoms with Crippen LogP contribution in [0.2, 0.25) is 0 Å². The number of ether oxygens (including phenoxy) is 2. The number of esters is 2. The second-order valence-electron chi connectivity index (χ2n) is 8.36. The molecule has 8 nitrogen and oxygen atoms in total. The molecule has 1 atom stereocenters. The van der Waals surface area contributed by atoms with Crippen molar-refractivity contribution in [1.29, 1.82) is 0 Å². The number of amides is 2. The molecule has 8 heteroatoms. The molecule has 0 saturated carbocycles. The van der Waals surface area contributed by atoms with Gasteiger partial charge >= 0.3 is 11.9 Å². The van der Waals surface area contributed by atoms with E-state index in [1.165, 1.54) is 4.90 Å². The molecule has 2 aromatic rings. The smallest absolute Gasteiger partial charge is 0.338 e. The van der Waals surface area contributed by atoms with E-state index in [0.717, 1.165) is 11.1 Å². The molecule has 1 saturated heterocycles. The number of nitrogens with zero attached hydrogens (tertiary/aromatic N) is 1. The Balaban J connectivity index is 1.52. The van der Waals surface area contributed by atoms with Crippen LogP contribution in [0.4, 0.5) is 11.4 Å². The van der Waals surface area contributed by atoms with E-state index >= 15 is 0 Å². The Labute approximate surface area is 192 Å². The van der Waals surface area contributed by atoms with E-state index in [0.29, 0.717) is 16.9 Å². The summed E-state index contributed by atoms with van der Waals surface area (Å²) in [4.78, 5) is 50.4. The van der Waals surface area contributed by atoms with Crippen molar-refractivity contribution in [1.82, 2.24) is 0 Å². The summed E-state index contributed by atoms with van der Waals surface area (Å²) in [5.41, 5.74) is 3.73. The van der Waals surface area contributed by atoms with Gasteiger partial charge in [-0.25, -0.2) is 4.79 Å². The molecule has 1 heterocycles. The minimum absolute atomic E-state index is 0.00521. The van der Waals surface area contributed by atoms with E-state index < -0.39 is 30.4 Å². The van der Waals surface area contributed by atoms with E-state index in [9.17, 15) is 19.2 Å². The number of rotatable bonds is 7. The van der Waals surface area contributed by atoms with Gasteiger partial charge in [0.2, 0.25) is 5.91 Å². The maximum atomic E-state index is 12.4. The third-order valence-corrected chi connectivity index (χ3v) is 5.35. The van der Waals surface area contributed by atoms with Gasteiger partial charge in [0.25, 0.3) is 5.91 Å². The fourth-order valence-electron chi connectivity index (χ4n) is 3.45. The first-order valence-corrected chi connectivity index (χ1v) is 10.8. The summed E-state index contributed by atoms with van der Waals surface area (Å²) in [6.45, 7) is 7.17. The fraction of sp³-hybridized carbons (Fsp3) is 0.360. The number of aryl methyl sites for hydroxylation is 2. The van der Waals surface area contributed by atoms with E-state index in [1.54, 1.807) is 44.2 Å². The second kappa shape index (κ2) is 10.3. The molecule has 33 heavy (non-hydrogen) atoms. The molecule has 1 aliphatic heterocycles. The lowest BCUT2D eigenvalue weighted by atomic mass is 10.1. The summed E-state index contributed by atoms with van der Waals surface area (Å²) >= 11 is 0. The van der Waals surface area contributed by atoms with E-state index in [-0.39, 0.29) is 25.0 Å². The van der Waals surface area contributed by atoms with Crippen LogP contribution in [0.5, 0.6) is 0 Å². The van der Waals surface area contributed by atoms with Crippen molar-refractivity contribution in [2.24, 2.45) is 5.92 Å². The number of nitrogens with one attached hydrogen (secondary N) is 1. The number of hydrogen-bond donors (Lipinski definition) is 1. The van der Waals surface area contributed by atoms with Crippen LogP contribution in [0.25, 0.3) is 0 Å². The molecule has 0 unspecified atom stereocenters. The molecule has 3 rings (SSSR count). The van der Waals surface area contributed by atoms with Gasteiger partial charge in [-0.3, -0.25) is 14.4 Å². The predicted octanol–water partition coefficient (Wildman–Crippen LogP) is 3.40. The molecule has 0 aliphatic carbocycles. The third-order valence-electron chi connectivity index (χ3n) is 5.35. The maximum absolute atomic E-state index is 12.4. The zero-order valence-electron chi connectivity index (χ0n) is 19.2. The number of carbonyl (C=O) groups is 4. The Bertz CT molecular complexity index is 1060. The van der Waals surface area contributed by atoms with Gasteiger partial charge in [0.1, 0.15) is 0 Å². The van der Waals surface area contributed by atoms with Crippen LogP contribution < -0.4 is 10.2 Å². The van der Waals surface area contributed by atoms with Gasteiger partial charge in [0.15, 0.2) is 6.61 Å². The summed E-state index contributed by atoms with van der Waals surface area (Å²) < 4.78 is 10.3. The normalized spacial score (nSPS) is 15.5. The molecule has 174 valence electrons. The maximum Gasteiger partial charge on any atom is 0.338 e. The van der Waals surface area contributed by atoms with Crippen LogP contribution in [0.1, 0.15) is 41.8 Å². The van der Waals surface area contributed by atoms with E-state index in [1.807, 2.05) is 26.0 Å². The van der Waals surface area contributed by atoms with Gasteiger partial charge in [-0.2, -0.15) is 0 Å². The minimum atomic E-state index is -0.669. The van der Waals surface area contributed by atoms with E-state index in [4.69, 9.17) is 9.47 Å². The molecule has 0 spiro atoms. The van der Waals surface area contributed by atoms with Crippen LogP contribution in [-0.4, -0.2) is 43.0 Å². The van der Waals surface area contributed by atoms with Gasteiger partial charge < -0.3 is 19.7 Å². The summed E-state index contributed by atoms with van der Waals surface area (Å²) in [6.07, 6.45) is -0.235. The summed E-state index contributed by atoms with van der Waals surface area (Å²) in [5.74, 6) is -2.38. The number of carbonyl (C=O) groups excluding carboxylic acids is 4. The van der Waals surface area contributed by atoms with E-state index in [2.05, 4.69) is 5.32 Å². The highest BCUT2D eigenvalue weighted by Gasteiger charge is 2.36.